The molecule has 0 aromatic carbocycles. The summed E-state index contributed by atoms with van der Waals surface area (Å²) >= 11 is 0. The van der Waals surface area contributed by atoms with Crippen LogP contribution >= 0.6 is 0 Å². The van der Waals surface area contributed by atoms with Gasteiger partial charge in [0.15, 0.2) is 0 Å². The van der Waals surface area contributed by atoms with Crippen molar-refractivity contribution in [3.63, 3.8) is 0 Å². The van der Waals surface area contributed by atoms with Crippen LogP contribution in [0.5, 0.6) is 0 Å². The Morgan fingerprint density at radius 2 is 0.846 bits per heavy atom. The van der Waals surface area contributed by atoms with Crippen LogP contribution in [0, 0.1) is 21.4 Å². The fraction of sp³-hybridized carbons (Fsp3) is 0.667. The third kappa shape index (κ3) is 1220. The zero-order chi connectivity index (χ0) is 9.00. The molecule has 0 aliphatic carbocycles. The minimum atomic E-state index is -1.36. The monoisotopic (exact) mass is 229 g/mol. The molecule has 0 aliphatic heterocycles. The Bertz CT molecular complexity index is 60.6. The van der Waals surface area contributed by atoms with Gasteiger partial charge in [-0.2, -0.15) is 0 Å². The van der Waals surface area contributed by atoms with Crippen molar-refractivity contribution in [3.05, 3.63) is 26.8 Å². The maximum absolute atomic E-state index is 7.08. The van der Waals surface area contributed by atoms with Gasteiger partial charge in [0, 0.05) is 0 Å². The normalized spacial score (nSPS) is 9.23. The number of hydrogen-bond acceptors (Lipinski definition) is 0. The SMILES string of the molecule is C[Si](C)(C)[NH-].[CH2-][Si](C)(C)C.[CH3-].[CH3-].[Mg+2]. The number of rotatable bonds is 0. The first kappa shape index (κ1) is 29.2. The predicted molar refractivity (Wildman–Crippen MR) is 75.0 cm³/mol. The van der Waals surface area contributed by atoms with Crippen molar-refractivity contribution in [1.29, 1.82) is 0 Å². The van der Waals surface area contributed by atoms with Gasteiger partial charge in [-0.1, -0.05) is 47.5 Å². The summed E-state index contributed by atoms with van der Waals surface area (Å²) in [6, 6.07) is 0. The summed E-state index contributed by atoms with van der Waals surface area (Å²) in [4.78, 5) is 0. The van der Waals surface area contributed by atoms with Gasteiger partial charge in [0.25, 0.3) is 0 Å². The molecule has 0 unspecified atom stereocenters. The molecule has 0 heterocycles. The summed E-state index contributed by atoms with van der Waals surface area (Å²) in [6.07, 6.45) is 0. The summed E-state index contributed by atoms with van der Waals surface area (Å²) in [5, 5.41) is 7.08. The second-order valence-electron chi connectivity index (χ2n) is 4.81. The molecular formula is C9H27MgNSi2-2. The van der Waals surface area contributed by atoms with Crippen LogP contribution in [0.1, 0.15) is 0 Å². The molecule has 0 bridgehead atoms. The van der Waals surface area contributed by atoms with Crippen molar-refractivity contribution in [2.75, 3.05) is 0 Å². The van der Waals surface area contributed by atoms with Gasteiger partial charge in [-0.3, -0.25) is 0 Å². The minimum absolute atomic E-state index is 0. The van der Waals surface area contributed by atoms with E-state index in [-0.39, 0.29) is 37.9 Å². The smallest absolute Gasteiger partial charge is 0.680 e. The molecule has 0 saturated carbocycles. The van der Waals surface area contributed by atoms with Crippen LogP contribution in [-0.4, -0.2) is 39.4 Å². The molecule has 0 aromatic heterocycles. The Morgan fingerprint density at radius 1 is 0.846 bits per heavy atom. The number of nitrogens with one attached hydrogen (secondary N) is 1. The summed E-state index contributed by atoms with van der Waals surface area (Å²) in [5.74, 6) is 0. The quantitative estimate of drug-likeness (QED) is 0.441. The van der Waals surface area contributed by atoms with E-state index in [4.69, 9.17) is 5.40 Å². The van der Waals surface area contributed by atoms with Crippen LogP contribution in [0.25, 0.3) is 5.40 Å². The fourth-order valence-electron chi connectivity index (χ4n) is 0. The predicted octanol–water partition coefficient (Wildman–Crippen LogP) is 4.09. The van der Waals surface area contributed by atoms with E-state index < -0.39 is 16.3 Å². The van der Waals surface area contributed by atoms with Crippen molar-refractivity contribution in [2.24, 2.45) is 0 Å². The summed E-state index contributed by atoms with van der Waals surface area (Å²) < 4.78 is 0. The van der Waals surface area contributed by atoms with E-state index in [0.717, 1.165) is 0 Å². The van der Waals surface area contributed by atoms with Crippen molar-refractivity contribution < 1.29 is 0 Å². The Hall–Kier alpha value is 1.16. The molecule has 0 fully saturated rings. The molecule has 0 spiro atoms. The van der Waals surface area contributed by atoms with Crippen LogP contribution < -0.4 is 0 Å². The summed E-state index contributed by atoms with van der Waals surface area (Å²) in [5.41, 5.74) is 0. The van der Waals surface area contributed by atoms with E-state index in [1.165, 1.54) is 0 Å². The average Bonchev–Trinajstić information content (AvgIpc) is 1.12. The van der Waals surface area contributed by atoms with Crippen molar-refractivity contribution in [1.82, 2.24) is 0 Å². The molecule has 1 N–H and O–H groups in total. The molecule has 1 nitrogen and oxygen atoms in total. The van der Waals surface area contributed by atoms with E-state index in [1.54, 1.807) is 0 Å². The number of hydrogen-bond donors (Lipinski definition) is 0. The van der Waals surface area contributed by atoms with Gasteiger partial charge in [-0.15, -0.1) is 8.07 Å². The Balaban J connectivity index is -0.0000000267. The van der Waals surface area contributed by atoms with E-state index in [9.17, 15) is 0 Å². The zero-order valence-corrected chi connectivity index (χ0v) is 14.3. The van der Waals surface area contributed by atoms with Gasteiger partial charge < -0.3 is 26.8 Å². The molecule has 0 rings (SSSR count). The Kier molecular flexibility index (Phi) is 25.3. The van der Waals surface area contributed by atoms with Gasteiger partial charge in [0.2, 0.25) is 0 Å². The largest absolute Gasteiger partial charge is 2.00 e. The first-order valence-electron chi connectivity index (χ1n) is 3.60. The molecule has 0 atom stereocenters. The first-order valence-corrected chi connectivity index (χ1v) is 10.8. The maximum Gasteiger partial charge on any atom is 2.00 e. The molecule has 0 aromatic rings. The van der Waals surface area contributed by atoms with Crippen molar-refractivity contribution >= 4 is 39.4 Å². The fourth-order valence-corrected chi connectivity index (χ4v) is 0. The van der Waals surface area contributed by atoms with Gasteiger partial charge in [-0.05, 0) is 0 Å². The third-order valence-corrected chi connectivity index (χ3v) is 0. The molecule has 0 saturated heterocycles. The van der Waals surface area contributed by atoms with Crippen LogP contribution in [0.2, 0.25) is 39.3 Å². The van der Waals surface area contributed by atoms with Gasteiger partial charge >= 0.3 is 23.1 Å². The van der Waals surface area contributed by atoms with Crippen molar-refractivity contribution in [3.8, 4) is 0 Å². The van der Waals surface area contributed by atoms with E-state index >= 15 is 0 Å². The molecule has 0 radical (unpaired) electrons. The average molecular weight is 230 g/mol. The van der Waals surface area contributed by atoms with Crippen LogP contribution in [0.4, 0.5) is 0 Å². The molecular weight excluding hydrogens is 203 g/mol. The van der Waals surface area contributed by atoms with E-state index in [2.05, 4.69) is 26.2 Å². The standard InChI is InChI=1S/C4H11Si.C3H10NSi.2CH3.Mg/c2*1-5(2,3)4;;;/h1H2,2-4H3;4H,1-3H3;2*1H3;/q4*-1;+2. The summed E-state index contributed by atoms with van der Waals surface area (Å²) in [7, 11) is -2.22. The van der Waals surface area contributed by atoms with Gasteiger partial charge in [0.05, 0.1) is 0 Å². The Labute approximate surface area is 105 Å². The minimum Gasteiger partial charge on any atom is -0.680 e. The van der Waals surface area contributed by atoms with E-state index in [1.807, 2.05) is 19.6 Å². The second kappa shape index (κ2) is 11.2. The van der Waals surface area contributed by atoms with Crippen LogP contribution in [-0.2, 0) is 0 Å². The van der Waals surface area contributed by atoms with Crippen LogP contribution in [0.15, 0.2) is 0 Å². The summed E-state index contributed by atoms with van der Waals surface area (Å²) in [6.45, 7) is 16.5. The van der Waals surface area contributed by atoms with Crippen molar-refractivity contribution in [2.45, 2.75) is 39.3 Å². The molecule has 80 valence electrons. The molecule has 13 heavy (non-hydrogen) atoms. The molecule has 4 heteroatoms. The second-order valence-corrected chi connectivity index (χ2v) is 14.4. The topological polar surface area (TPSA) is 23.8 Å². The van der Waals surface area contributed by atoms with Crippen LogP contribution in [0.3, 0.4) is 0 Å². The Morgan fingerprint density at radius 3 is 0.846 bits per heavy atom. The third-order valence-electron chi connectivity index (χ3n) is 0. The van der Waals surface area contributed by atoms with E-state index in [0.29, 0.717) is 0 Å². The zero-order valence-electron chi connectivity index (χ0n) is 10.9. The van der Waals surface area contributed by atoms with Gasteiger partial charge in [0.1, 0.15) is 0 Å². The molecule has 0 aliphatic rings. The van der Waals surface area contributed by atoms with Gasteiger partial charge in [-0.25, -0.2) is 0 Å². The molecule has 0 amide bonds. The maximum atomic E-state index is 7.08. The first-order chi connectivity index (χ1) is 4.00.